The molecule has 0 amide bonds. The van der Waals surface area contributed by atoms with Crippen molar-refractivity contribution in [2.45, 2.75) is 32.2 Å². The van der Waals surface area contributed by atoms with Gasteiger partial charge in [0.25, 0.3) is 0 Å². The zero-order valence-electron chi connectivity index (χ0n) is 12.0. The highest BCUT2D eigenvalue weighted by Gasteiger charge is 2.19. The zero-order chi connectivity index (χ0) is 14.8. The van der Waals surface area contributed by atoms with Crippen molar-refractivity contribution in [1.29, 1.82) is 0 Å². The Morgan fingerprint density at radius 1 is 1.25 bits per heavy atom. The van der Waals surface area contributed by atoms with Crippen LogP contribution in [-0.2, 0) is 5.41 Å². The Hall–Kier alpha value is -1.39. The van der Waals surface area contributed by atoms with Crippen LogP contribution in [0.3, 0.4) is 0 Å². The van der Waals surface area contributed by atoms with Crippen LogP contribution in [0, 0.1) is 5.82 Å². The van der Waals surface area contributed by atoms with Gasteiger partial charge >= 0.3 is 0 Å². The zero-order valence-corrected chi connectivity index (χ0v) is 12.8. The Kier molecular flexibility index (Phi) is 4.45. The van der Waals surface area contributed by atoms with Gasteiger partial charge in [0.1, 0.15) is 5.82 Å². The highest BCUT2D eigenvalue weighted by Crippen LogP contribution is 2.33. The summed E-state index contributed by atoms with van der Waals surface area (Å²) in [6.45, 7) is 6.46. The van der Waals surface area contributed by atoms with E-state index in [1.807, 2.05) is 6.07 Å². The maximum Gasteiger partial charge on any atom is 0.125 e. The lowest BCUT2D eigenvalue weighted by Crippen LogP contribution is -2.13. The lowest BCUT2D eigenvalue weighted by molar-refractivity contribution is 0.277. The Morgan fingerprint density at radius 2 is 2.00 bits per heavy atom. The van der Waals surface area contributed by atoms with Gasteiger partial charge in [-0.25, -0.2) is 4.39 Å². The van der Waals surface area contributed by atoms with Crippen LogP contribution in [0.15, 0.2) is 36.4 Å². The fourth-order valence-corrected chi connectivity index (χ4v) is 3.04. The molecule has 4 heteroatoms. The number of nitrogens with one attached hydrogen (secondary N) is 1. The summed E-state index contributed by atoms with van der Waals surface area (Å²) in [4.78, 5) is 2.33. The molecule has 0 saturated heterocycles. The van der Waals surface area contributed by atoms with E-state index in [4.69, 9.17) is 0 Å². The van der Waals surface area contributed by atoms with Gasteiger partial charge in [-0.05, 0) is 35.7 Å². The number of hydrogen-bond acceptors (Lipinski definition) is 3. The van der Waals surface area contributed by atoms with E-state index in [9.17, 15) is 9.50 Å². The summed E-state index contributed by atoms with van der Waals surface area (Å²) < 4.78 is 13.2. The monoisotopic (exact) mass is 293 g/mol. The van der Waals surface area contributed by atoms with E-state index < -0.39 is 0 Å². The minimum atomic E-state index is -0.284. The van der Waals surface area contributed by atoms with Crippen molar-refractivity contribution in [3.05, 3.63) is 52.0 Å². The topological polar surface area (TPSA) is 32.3 Å². The van der Waals surface area contributed by atoms with E-state index >= 15 is 0 Å². The molecule has 1 aromatic heterocycles. The summed E-state index contributed by atoms with van der Waals surface area (Å²) in [6, 6.07) is 10.2. The fraction of sp³-hybridized carbons (Fsp3) is 0.375. The predicted octanol–water partition coefficient (Wildman–Crippen LogP) is 4.33. The SMILES string of the molecule is CC(C)(C)c1ccc(C(CO)Nc2cccc(F)c2)s1. The van der Waals surface area contributed by atoms with Crippen LogP contribution in [0.2, 0.25) is 0 Å². The second kappa shape index (κ2) is 5.94. The number of hydrogen-bond donors (Lipinski definition) is 2. The maximum atomic E-state index is 13.2. The summed E-state index contributed by atoms with van der Waals surface area (Å²) in [7, 11) is 0. The number of aliphatic hydroxyl groups excluding tert-OH is 1. The molecule has 0 aliphatic carbocycles. The standard InChI is InChI=1S/C16H20FNOS/c1-16(2,3)15-8-7-14(20-15)13(10-19)18-12-6-4-5-11(17)9-12/h4-9,13,18-19H,10H2,1-3H3. The van der Waals surface area contributed by atoms with Crippen LogP contribution in [0.5, 0.6) is 0 Å². The molecule has 2 nitrogen and oxygen atoms in total. The highest BCUT2D eigenvalue weighted by atomic mass is 32.1. The lowest BCUT2D eigenvalue weighted by atomic mass is 9.95. The van der Waals surface area contributed by atoms with E-state index in [0.29, 0.717) is 5.69 Å². The Labute approximate surface area is 123 Å². The largest absolute Gasteiger partial charge is 0.394 e. The Morgan fingerprint density at radius 3 is 2.55 bits per heavy atom. The molecule has 2 rings (SSSR count). The molecule has 0 fully saturated rings. The second-order valence-corrected chi connectivity index (χ2v) is 6.96. The average molecular weight is 293 g/mol. The van der Waals surface area contributed by atoms with E-state index in [1.165, 1.54) is 17.0 Å². The molecule has 20 heavy (non-hydrogen) atoms. The summed E-state index contributed by atoms with van der Waals surface area (Å²) in [6.07, 6.45) is 0. The molecule has 1 atom stereocenters. The van der Waals surface area contributed by atoms with Gasteiger partial charge in [0.2, 0.25) is 0 Å². The number of aliphatic hydroxyl groups is 1. The molecular weight excluding hydrogens is 273 g/mol. The van der Waals surface area contributed by atoms with Gasteiger partial charge in [-0.3, -0.25) is 0 Å². The van der Waals surface area contributed by atoms with E-state index in [1.54, 1.807) is 23.5 Å². The van der Waals surface area contributed by atoms with Crippen molar-refractivity contribution < 1.29 is 9.50 Å². The first-order valence-electron chi connectivity index (χ1n) is 6.63. The summed E-state index contributed by atoms with van der Waals surface area (Å²) in [5.74, 6) is -0.284. The second-order valence-electron chi connectivity index (χ2n) is 5.84. The minimum absolute atomic E-state index is 0.0272. The Bertz CT molecular complexity index is 574. The van der Waals surface area contributed by atoms with Gasteiger partial charge in [0.15, 0.2) is 0 Å². The van der Waals surface area contributed by atoms with E-state index in [-0.39, 0.29) is 23.9 Å². The van der Waals surface area contributed by atoms with E-state index in [2.05, 4.69) is 32.2 Å². The van der Waals surface area contributed by atoms with Gasteiger partial charge in [0, 0.05) is 15.4 Å². The maximum absolute atomic E-state index is 13.2. The summed E-state index contributed by atoms with van der Waals surface area (Å²) in [5, 5.41) is 12.7. The van der Waals surface area contributed by atoms with Crippen molar-refractivity contribution in [2.24, 2.45) is 0 Å². The van der Waals surface area contributed by atoms with Gasteiger partial charge in [-0.1, -0.05) is 26.8 Å². The number of halogens is 1. The van der Waals surface area contributed by atoms with Gasteiger partial charge in [-0.2, -0.15) is 0 Å². The molecule has 108 valence electrons. The molecule has 0 aliphatic heterocycles. The first-order valence-corrected chi connectivity index (χ1v) is 7.45. The molecule has 2 aromatic rings. The average Bonchev–Trinajstić information content (AvgIpc) is 2.85. The molecule has 0 aliphatic rings. The smallest absolute Gasteiger partial charge is 0.125 e. The van der Waals surface area contributed by atoms with Crippen molar-refractivity contribution in [2.75, 3.05) is 11.9 Å². The number of benzene rings is 1. The first kappa shape index (κ1) is 15.0. The van der Waals surface area contributed by atoms with Gasteiger partial charge in [0.05, 0.1) is 12.6 Å². The van der Waals surface area contributed by atoms with Gasteiger partial charge < -0.3 is 10.4 Å². The normalized spacial score (nSPS) is 13.2. The molecule has 0 bridgehead atoms. The quantitative estimate of drug-likeness (QED) is 0.879. The number of anilines is 1. The van der Waals surface area contributed by atoms with Crippen molar-refractivity contribution in [1.82, 2.24) is 0 Å². The molecule has 1 aromatic carbocycles. The van der Waals surface area contributed by atoms with Crippen LogP contribution in [0.1, 0.15) is 36.6 Å². The third-order valence-electron chi connectivity index (χ3n) is 3.06. The minimum Gasteiger partial charge on any atom is -0.394 e. The van der Waals surface area contributed by atoms with Crippen molar-refractivity contribution in [3.63, 3.8) is 0 Å². The van der Waals surface area contributed by atoms with Crippen molar-refractivity contribution >= 4 is 17.0 Å². The molecule has 0 saturated carbocycles. The molecule has 0 radical (unpaired) electrons. The van der Waals surface area contributed by atoms with Gasteiger partial charge in [-0.15, -0.1) is 11.3 Å². The van der Waals surface area contributed by atoms with E-state index in [0.717, 1.165) is 4.88 Å². The Balaban J connectivity index is 2.18. The molecule has 1 unspecified atom stereocenters. The van der Waals surface area contributed by atoms with Crippen LogP contribution in [0.25, 0.3) is 0 Å². The number of rotatable bonds is 4. The fourth-order valence-electron chi connectivity index (χ4n) is 1.93. The highest BCUT2D eigenvalue weighted by molar-refractivity contribution is 7.12. The third kappa shape index (κ3) is 3.58. The molecule has 0 spiro atoms. The lowest BCUT2D eigenvalue weighted by Gasteiger charge is -2.18. The molecule has 2 N–H and O–H groups in total. The van der Waals surface area contributed by atoms with Crippen LogP contribution < -0.4 is 5.32 Å². The molecule has 1 heterocycles. The van der Waals surface area contributed by atoms with Crippen LogP contribution in [0.4, 0.5) is 10.1 Å². The summed E-state index contributed by atoms with van der Waals surface area (Å²) in [5.41, 5.74) is 0.775. The van der Waals surface area contributed by atoms with Crippen molar-refractivity contribution in [3.8, 4) is 0 Å². The first-order chi connectivity index (χ1) is 9.40. The molecular formula is C16H20FNOS. The summed E-state index contributed by atoms with van der Waals surface area (Å²) >= 11 is 1.68. The predicted molar refractivity (Wildman–Crippen MR) is 82.9 cm³/mol. The number of thiophene rings is 1. The van der Waals surface area contributed by atoms with Crippen LogP contribution >= 0.6 is 11.3 Å². The third-order valence-corrected chi connectivity index (χ3v) is 4.68. The van der Waals surface area contributed by atoms with Crippen LogP contribution in [-0.4, -0.2) is 11.7 Å².